The smallest absolute Gasteiger partial charge is 0.240 e. The Balaban J connectivity index is 2.03. The van der Waals surface area contributed by atoms with Crippen LogP contribution in [0.25, 0.3) is 16.8 Å². The summed E-state index contributed by atoms with van der Waals surface area (Å²) in [6.45, 7) is 0. The zero-order chi connectivity index (χ0) is 13.4. The van der Waals surface area contributed by atoms with Gasteiger partial charge in [-0.2, -0.15) is 4.98 Å². The zero-order valence-corrected chi connectivity index (χ0v) is 10.9. The molecule has 0 amide bonds. The van der Waals surface area contributed by atoms with Gasteiger partial charge in [-0.1, -0.05) is 12.1 Å². The van der Waals surface area contributed by atoms with Crippen LogP contribution in [0.4, 0.5) is 11.6 Å². The Morgan fingerprint density at radius 3 is 2.37 bits per heavy atom. The topological polar surface area (TPSA) is 59.5 Å². The van der Waals surface area contributed by atoms with Gasteiger partial charge in [0.2, 0.25) is 5.95 Å². The normalized spacial score (nSPS) is 10.8. The molecule has 0 fully saturated rings. The maximum Gasteiger partial charge on any atom is 0.240 e. The number of hydrogen-bond donors (Lipinski definition) is 1. The quantitative estimate of drug-likeness (QED) is 0.759. The van der Waals surface area contributed by atoms with E-state index >= 15 is 0 Å². The first-order valence-electron chi connectivity index (χ1n) is 6.03. The van der Waals surface area contributed by atoms with Crippen molar-refractivity contribution in [2.24, 2.45) is 0 Å². The van der Waals surface area contributed by atoms with Crippen molar-refractivity contribution in [3.8, 4) is 11.1 Å². The molecule has 5 nitrogen and oxygen atoms in total. The van der Waals surface area contributed by atoms with E-state index in [4.69, 9.17) is 5.73 Å². The molecule has 0 aliphatic rings. The van der Waals surface area contributed by atoms with Crippen LogP contribution in [-0.2, 0) is 0 Å². The maximum atomic E-state index is 5.58. The van der Waals surface area contributed by atoms with E-state index in [1.807, 2.05) is 32.4 Å². The van der Waals surface area contributed by atoms with Gasteiger partial charge in [-0.3, -0.25) is 0 Å². The minimum absolute atomic E-state index is 0.292. The third-order valence-corrected chi connectivity index (χ3v) is 3.06. The van der Waals surface area contributed by atoms with Crippen molar-refractivity contribution in [2.45, 2.75) is 0 Å². The molecule has 2 aromatic heterocycles. The summed E-state index contributed by atoms with van der Waals surface area (Å²) in [5.41, 5.74) is 9.74. The van der Waals surface area contributed by atoms with Gasteiger partial charge in [0.05, 0.1) is 0 Å². The lowest BCUT2D eigenvalue weighted by atomic mass is 10.1. The lowest BCUT2D eigenvalue weighted by Gasteiger charge is -2.12. The second-order valence-electron chi connectivity index (χ2n) is 4.63. The Bertz CT molecular complexity index is 712. The molecule has 0 atom stereocenters. The number of nitrogens with zero attached hydrogens (tertiary/aromatic N) is 4. The SMILES string of the molecule is CN(C)c1ccc(-c2ccc3nc(N)nn3c2)cc1. The number of pyridine rings is 1. The Morgan fingerprint density at radius 2 is 1.68 bits per heavy atom. The molecule has 2 N–H and O–H groups in total. The van der Waals surface area contributed by atoms with Gasteiger partial charge in [0.1, 0.15) is 0 Å². The fourth-order valence-corrected chi connectivity index (χ4v) is 2.02. The number of anilines is 2. The van der Waals surface area contributed by atoms with Crippen LogP contribution < -0.4 is 10.6 Å². The first-order valence-corrected chi connectivity index (χ1v) is 6.03. The molecule has 1 aromatic carbocycles. The van der Waals surface area contributed by atoms with Crippen LogP contribution >= 0.6 is 0 Å². The Morgan fingerprint density at radius 1 is 1.00 bits per heavy atom. The molecular formula is C14H15N5. The standard InChI is InChI=1S/C14H15N5/c1-18(2)12-6-3-10(4-7-12)11-5-8-13-16-14(15)17-19(13)9-11/h3-9H,1-2H3,(H2,15,17). The van der Waals surface area contributed by atoms with Gasteiger partial charge in [0.15, 0.2) is 5.65 Å². The molecular weight excluding hydrogens is 238 g/mol. The number of hydrogen-bond acceptors (Lipinski definition) is 4. The van der Waals surface area contributed by atoms with Crippen molar-refractivity contribution < 1.29 is 0 Å². The van der Waals surface area contributed by atoms with Gasteiger partial charge in [0, 0.05) is 31.5 Å². The average Bonchev–Trinajstić information content (AvgIpc) is 2.77. The van der Waals surface area contributed by atoms with E-state index in [9.17, 15) is 0 Å². The summed E-state index contributed by atoms with van der Waals surface area (Å²) in [7, 11) is 4.05. The van der Waals surface area contributed by atoms with Crippen LogP contribution in [0.5, 0.6) is 0 Å². The molecule has 0 bridgehead atoms. The van der Waals surface area contributed by atoms with E-state index in [0.717, 1.165) is 16.8 Å². The number of nitrogens with two attached hydrogens (primary N) is 1. The predicted octanol–water partition coefficient (Wildman–Crippen LogP) is 2.04. The summed E-state index contributed by atoms with van der Waals surface area (Å²) in [6.07, 6.45) is 1.93. The summed E-state index contributed by atoms with van der Waals surface area (Å²) in [5, 5.41) is 4.12. The van der Waals surface area contributed by atoms with E-state index in [1.165, 1.54) is 5.69 Å². The second kappa shape index (κ2) is 4.28. The van der Waals surface area contributed by atoms with E-state index in [1.54, 1.807) is 4.52 Å². The molecule has 0 spiro atoms. The van der Waals surface area contributed by atoms with Crippen molar-refractivity contribution in [1.29, 1.82) is 0 Å². The second-order valence-corrected chi connectivity index (χ2v) is 4.63. The molecule has 0 aliphatic carbocycles. The third kappa shape index (κ3) is 2.10. The molecule has 0 radical (unpaired) electrons. The highest BCUT2D eigenvalue weighted by Gasteiger charge is 2.03. The van der Waals surface area contributed by atoms with Crippen molar-refractivity contribution in [2.75, 3.05) is 24.7 Å². The first-order chi connectivity index (χ1) is 9.13. The number of aromatic nitrogens is 3. The Hall–Kier alpha value is -2.56. The molecule has 0 unspecified atom stereocenters. The summed E-state index contributed by atoms with van der Waals surface area (Å²) < 4.78 is 1.70. The van der Waals surface area contributed by atoms with Gasteiger partial charge < -0.3 is 10.6 Å². The number of rotatable bonds is 2. The predicted molar refractivity (Wildman–Crippen MR) is 77.2 cm³/mol. The van der Waals surface area contributed by atoms with Crippen LogP contribution in [-0.4, -0.2) is 28.7 Å². The summed E-state index contributed by atoms with van der Waals surface area (Å²) in [6, 6.07) is 12.3. The Kier molecular flexibility index (Phi) is 2.59. The highest BCUT2D eigenvalue weighted by Crippen LogP contribution is 2.22. The van der Waals surface area contributed by atoms with Gasteiger partial charge in [-0.15, -0.1) is 5.10 Å². The Labute approximate surface area is 111 Å². The molecule has 3 aromatic rings. The molecule has 0 aliphatic heterocycles. The minimum atomic E-state index is 0.292. The van der Waals surface area contributed by atoms with E-state index in [0.29, 0.717) is 5.95 Å². The molecule has 96 valence electrons. The zero-order valence-electron chi connectivity index (χ0n) is 10.9. The number of fused-ring (bicyclic) bond motifs is 1. The van der Waals surface area contributed by atoms with Crippen LogP contribution in [0.3, 0.4) is 0 Å². The monoisotopic (exact) mass is 253 g/mol. The van der Waals surface area contributed by atoms with E-state index in [-0.39, 0.29) is 0 Å². The molecule has 2 heterocycles. The van der Waals surface area contributed by atoms with Crippen LogP contribution in [0, 0.1) is 0 Å². The summed E-state index contributed by atoms with van der Waals surface area (Å²) in [5.74, 6) is 0.292. The largest absolute Gasteiger partial charge is 0.378 e. The molecule has 0 saturated carbocycles. The highest BCUT2D eigenvalue weighted by atomic mass is 15.3. The van der Waals surface area contributed by atoms with E-state index < -0.39 is 0 Å². The summed E-state index contributed by atoms with van der Waals surface area (Å²) >= 11 is 0. The van der Waals surface area contributed by atoms with Gasteiger partial charge in [-0.05, 0) is 29.8 Å². The fraction of sp³-hybridized carbons (Fsp3) is 0.143. The molecule has 0 saturated heterocycles. The first kappa shape index (κ1) is 11.5. The van der Waals surface area contributed by atoms with Crippen LogP contribution in [0.15, 0.2) is 42.6 Å². The van der Waals surface area contributed by atoms with Gasteiger partial charge in [0.25, 0.3) is 0 Å². The number of benzene rings is 1. The van der Waals surface area contributed by atoms with Crippen molar-refractivity contribution >= 4 is 17.3 Å². The molecule has 5 heteroatoms. The van der Waals surface area contributed by atoms with Gasteiger partial charge in [-0.25, -0.2) is 4.52 Å². The van der Waals surface area contributed by atoms with Crippen molar-refractivity contribution in [3.05, 3.63) is 42.6 Å². The third-order valence-electron chi connectivity index (χ3n) is 3.06. The lowest BCUT2D eigenvalue weighted by Crippen LogP contribution is -2.07. The lowest BCUT2D eigenvalue weighted by molar-refractivity contribution is 0.969. The van der Waals surface area contributed by atoms with Gasteiger partial charge >= 0.3 is 0 Å². The van der Waals surface area contributed by atoms with Crippen molar-refractivity contribution in [3.63, 3.8) is 0 Å². The van der Waals surface area contributed by atoms with Crippen LogP contribution in [0.2, 0.25) is 0 Å². The molecule has 3 rings (SSSR count). The average molecular weight is 253 g/mol. The highest BCUT2D eigenvalue weighted by molar-refractivity contribution is 5.67. The van der Waals surface area contributed by atoms with E-state index in [2.05, 4.69) is 39.2 Å². The number of nitrogen functional groups attached to an aromatic ring is 1. The van der Waals surface area contributed by atoms with Crippen LogP contribution in [0.1, 0.15) is 0 Å². The maximum absolute atomic E-state index is 5.58. The van der Waals surface area contributed by atoms with Crippen molar-refractivity contribution in [1.82, 2.24) is 14.6 Å². The summed E-state index contributed by atoms with van der Waals surface area (Å²) in [4.78, 5) is 6.18. The minimum Gasteiger partial charge on any atom is -0.378 e. The molecule has 19 heavy (non-hydrogen) atoms. The fourth-order valence-electron chi connectivity index (χ4n) is 2.02.